The van der Waals surface area contributed by atoms with Crippen LogP contribution in [-0.4, -0.2) is 4.98 Å². The van der Waals surface area contributed by atoms with Crippen LogP contribution in [0, 0.1) is 5.82 Å². The first kappa shape index (κ1) is 12.1. The quantitative estimate of drug-likeness (QED) is 0.772. The lowest BCUT2D eigenvalue weighted by Gasteiger charge is -2.21. The molecule has 0 aliphatic rings. The molecule has 0 aliphatic carbocycles. The summed E-state index contributed by atoms with van der Waals surface area (Å²) in [5.74, 6) is -0.164. The van der Waals surface area contributed by atoms with E-state index in [0.717, 1.165) is 5.56 Å². The highest BCUT2D eigenvalue weighted by atomic mass is 35.5. The standard InChI is InChI=1S/C13H14ClFN2/c1-13(2,3)8-6-7-4-5-9(14)10(15)11(7)17-12(8)16/h4-6H,1-3H3,(H2,16,17). The van der Waals surface area contributed by atoms with Gasteiger partial charge in [-0.2, -0.15) is 0 Å². The average molecular weight is 253 g/mol. The zero-order chi connectivity index (χ0) is 12.8. The van der Waals surface area contributed by atoms with E-state index in [0.29, 0.717) is 11.2 Å². The van der Waals surface area contributed by atoms with Crippen molar-refractivity contribution in [2.75, 3.05) is 5.73 Å². The summed E-state index contributed by atoms with van der Waals surface area (Å²) in [4.78, 5) is 4.12. The van der Waals surface area contributed by atoms with Crippen molar-refractivity contribution in [2.45, 2.75) is 26.2 Å². The molecule has 0 radical (unpaired) electrons. The van der Waals surface area contributed by atoms with Crippen LogP contribution in [0.5, 0.6) is 0 Å². The van der Waals surface area contributed by atoms with Crippen LogP contribution in [0.1, 0.15) is 26.3 Å². The van der Waals surface area contributed by atoms with E-state index >= 15 is 0 Å². The van der Waals surface area contributed by atoms with Gasteiger partial charge in [-0.3, -0.25) is 0 Å². The van der Waals surface area contributed by atoms with E-state index in [4.69, 9.17) is 17.3 Å². The van der Waals surface area contributed by atoms with Gasteiger partial charge in [-0.05, 0) is 17.5 Å². The Morgan fingerprint density at radius 2 is 1.94 bits per heavy atom. The van der Waals surface area contributed by atoms with E-state index in [1.165, 1.54) is 6.07 Å². The minimum Gasteiger partial charge on any atom is -0.383 e. The summed E-state index contributed by atoms with van der Waals surface area (Å²) in [7, 11) is 0. The first-order valence-electron chi connectivity index (χ1n) is 5.35. The largest absolute Gasteiger partial charge is 0.383 e. The third-order valence-corrected chi connectivity index (χ3v) is 3.01. The normalized spacial score (nSPS) is 12.1. The molecular formula is C13H14ClFN2. The van der Waals surface area contributed by atoms with Crippen molar-refractivity contribution in [3.05, 3.63) is 34.6 Å². The molecule has 0 saturated heterocycles. The van der Waals surface area contributed by atoms with E-state index in [1.807, 2.05) is 26.8 Å². The monoisotopic (exact) mass is 252 g/mol. The predicted molar refractivity (Wildman–Crippen MR) is 69.8 cm³/mol. The molecule has 2 N–H and O–H groups in total. The third kappa shape index (κ3) is 2.07. The molecule has 0 fully saturated rings. The molecule has 2 aromatic rings. The number of fused-ring (bicyclic) bond motifs is 1. The van der Waals surface area contributed by atoms with E-state index in [1.54, 1.807) is 6.07 Å². The van der Waals surface area contributed by atoms with Crippen LogP contribution in [0.3, 0.4) is 0 Å². The zero-order valence-corrected chi connectivity index (χ0v) is 10.8. The molecule has 0 saturated carbocycles. The van der Waals surface area contributed by atoms with Gasteiger partial charge in [0.1, 0.15) is 11.3 Å². The maximum Gasteiger partial charge on any atom is 0.168 e. The van der Waals surface area contributed by atoms with Gasteiger partial charge in [0.15, 0.2) is 5.82 Å². The lowest BCUT2D eigenvalue weighted by Crippen LogP contribution is -2.15. The Bertz CT molecular complexity index is 588. The summed E-state index contributed by atoms with van der Waals surface area (Å²) in [5.41, 5.74) is 6.88. The van der Waals surface area contributed by atoms with Crippen molar-refractivity contribution < 1.29 is 4.39 Å². The average Bonchev–Trinajstić information content (AvgIpc) is 2.22. The number of nitrogen functional groups attached to an aromatic ring is 1. The van der Waals surface area contributed by atoms with Crippen molar-refractivity contribution >= 4 is 28.3 Å². The molecule has 0 atom stereocenters. The lowest BCUT2D eigenvalue weighted by molar-refractivity contribution is 0.590. The van der Waals surface area contributed by atoms with Crippen LogP contribution in [0.15, 0.2) is 18.2 Å². The van der Waals surface area contributed by atoms with E-state index in [2.05, 4.69) is 4.98 Å². The zero-order valence-electron chi connectivity index (χ0n) is 10.0. The van der Waals surface area contributed by atoms with Gasteiger partial charge in [-0.25, -0.2) is 9.37 Å². The maximum atomic E-state index is 13.8. The Morgan fingerprint density at radius 3 is 2.53 bits per heavy atom. The van der Waals surface area contributed by atoms with Gasteiger partial charge in [-0.15, -0.1) is 0 Å². The number of hydrogen-bond donors (Lipinski definition) is 1. The summed E-state index contributed by atoms with van der Waals surface area (Å²) in [6.45, 7) is 6.12. The van der Waals surface area contributed by atoms with Gasteiger partial charge in [-0.1, -0.05) is 38.4 Å². The summed E-state index contributed by atoms with van der Waals surface area (Å²) in [6, 6.07) is 5.16. The molecule has 0 aliphatic heterocycles. The molecule has 0 spiro atoms. The van der Waals surface area contributed by atoms with Gasteiger partial charge in [0.05, 0.1) is 5.02 Å². The molecule has 2 nitrogen and oxygen atoms in total. The Hall–Kier alpha value is -1.35. The minimum atomic E-state index is -0.517. The highest BCUT2D eigenvalue weighted by molar-refractivity contribution is 6.31. The van der Waals surface area contributed by atoms with Crippen molar-refractivity contribution in [1.29, 1.82) is 0 Å². The van der Waals surface area contributed by atoms with Gasteiger partial charge >= 0.3 is 0 Å². The molecule has 2 rings (SSSR count). The highest BCUT2D eigenvalue weighted by Crippen LogP contribution is 2.31. The molecule has 90 valence electrons. The number of nitrogens with two attached hydrogens (primary N) is 1. The van der Waals surface area contributed by atoms with Crippen molar-refractivity contribution in [1.82, 2.24) is 4.98 Å². The van der Waals surface area contributed by atoms with Crippen LogP contribution in [0.25, 0.3) is 10.9 Å². The Morgan fingerprint density at radius 1 is 1.29 bits per heavy atom. The summed E-state index contributed by atoms with van der Waals surface area (Å²) in [6.07, 6.45) is 0. The van der Waals surface area contributed by atoms with Gasteiger partial charge in [0.2, 0.25) is 0 Å². The Balaban J connectivity index is 2.80. The van der Waals surface area contributed by atoms with E-state index < -0.39 is 5.82 Å². The summed E-state index contributed by atoms with van der Waals surface area (Å²) < 4.78 is 13.8. The molecule has 0 amide bonds. The van der Waals surface area contributed by atoms with Gasteiger partial charge in [0, 0.05) is 10.9 Å². The number of anilines is 1. The number of rotatable bonds is 0. The topological polar surface area (TPSA) is 38.9 Å². The molecule has 17 heavy (non-hydrogen) atoms. The van der Waals surface area contributed by atoms with E-state index in [-0.39, 0.29) is 16.0 Å². The Kier molecular flexibility index (Phi) is 2.74. The highest BCUT2D eigenvalue weighted by Gasteiger charge is 2.19. The molecule has 0 unspecified atom stereocenters. The maximum absolute atomic E-state index is 13.8. The van der Waals surface area contributed by atoms with Crippen LogP contribution < -0.4 is 5.73 Å². The van der Waals surface area contributed by atoms with Crippen molar-refractivity contribution in [3.63, 3.8) is 0 Å². The second-order valence-electron chi connectivity index (χ2n) is 5.10. The fraction of sp³-hybridized carbons (Fsp3) is 0.308. The number of hydrogen-bond acceptors (Lipinski definition) is 2. The van der Waals surface area contributed by atoms with Crippen LogP contribution in [-0.2, 0) is 5.41 Å². The van der Waals surface area contributed by atoms with Crippen LogP contribution in [0.2, 0.25) is 5.02 Å². The third-order valence-electron chi connectivity index (χ3n) is 2.72. The molecule has 1 heterocycles. The molecule has 1 aromatic carbocycles. The van der Waals surface area contributed by atoms with Gasteiger partial charge < -0.3 is 5.73 Å². The summed E-state index contributed by atoms with van der Waals surface area (Å²) in [5, 5.41) is 0.777. The Labute approximate surface area is 105 Å². The lowest BCUT2D eigenvalue weighted by atomic mass is 9.86. The molecule has 1 aromatic heterocycles. The SMILES string of the molecule is CC(C)(C)c1cc2ccc(Cl)c(F)c2nc1N. The molecule has 0 bridgehead atoms. The number of benzene rings is 1. The fourth-order valence-corrected chi connectivity index (χ4v) is 1.95. The number of halogens is 2. The van der Waals surface area contributed by atoms with E-state index in [9.17, 15) is 4.39 Å². The second kappa shape index (κ2) is 3.84. The molecule has 4 heteroatoms. The first-order valence-corrected chi connectivity index (χ1v) is 5.73. The van der Waals surface area contributed by atoms with Crippen LogP contribution in [0.4, 0.5) is 10.2 Å². The second-order valence-corrected chi connectivity index (χ2v) is 5.51. The number of aromatic nitrogens is 1. The molecular weight excluding hydrogens is 239 g/mol. The number of pyridine rings is 1. The smallest absolute Gasteiger partial charge is 0.168 e. The summed E-state index contributed by atoms with van der Waals surface area (Å²) >= 11 is 5.71. The van der Waals surface area contributed by atoms with Crippen molar-refractivity contribution in [3.8, 4) is 0 Å². The first-order chi connectivity index (χ1) is 7.80. The minimum absolute atomic E-state index is 0.0629. The van der Waals surface area contributed by atoms with Gasteiger partial charge in [0.25, 0.3) is 0 Å². The fourth-order valence-electron chi connectivity index (χ4n) is 1.80. The van der Waals surface area contributed by atoms with Crippen LogP contribution >= 0.6 is 11.6 Å². The number of nitrogens with zero attached hydrogens (tertiary/aromatic N) is 1. The van der Waals surface area contributed by atoms with Crippen molar-refractivity contribution in [2.24, 2.45) is 0 Å². The predicted octanol–water partition coefficient (Wildman–Crippen LogP) is 3.91.